The highest BCUT2D eigenvalue weighted by Gasteiger charge is 2.44. The fraction of sp³-hybridized carbons (Fsp3) is 0.533. The molecule has 0 radical (unpaired) electrons. The Morgan fingerprint density at radius 3 is 2.58 bits per heavy atom. The normalized spacial score (nSPS) is 20.0. The van der Waals surface area contributed by atoms with Crippen LogP contribution in [0, 0.1) is 12.8 Å². The minimum Gasteiger partial charge on any atom is -0.326 e. The van der Waals surface area contributed by atoms with Crippen LogP contribution in [0.15, 0.2) is 23.1 Å². The molecule has 9 heteroatoms. The van der Waals surface area contributed by atoms with Crippen LogP contribution in [0.3, 0.4) is 0 Å². The van der Waals surface area contributed by atoms with Crippen LogP contribution in [0.25, 0.3) is 0 Å². The van der Waals surface area contributed by atoms with E-state index in [1.54, 1.807) is 13.0 Å². The first-order valence-electron chi connectivity index (χ1n) is 7.47. The molecule has 5 nitrogen and oxygen atoms in total. The molecule has 0 saturated carbocycles. The number of nitrogens with one attached hydrogen (secondary N) is 1. The predicted octanol–water partition coefficient (Wildman–Crippen LogP) is 2.92. The van der Waals surface area contributed by atoms with Crippen LogP contribution >= 0.6 is 0 Å². The Labute approximate surface area is 138 Å². The van der Waals surface area contributed by atoms with Gasteiger partial charge in [-0.1, -0.05) is 6.07 Å². The number of hydrogen-bond donors (Lipinski definition) is 1. The average Bonchev–Trinajstić information content (AvgIpc) is 2.48. The molecule has 134 valence electrons. The SMILES string of the molecule is CC(=O)Nc1ccc(C)c(S(=O)(=O)N2CCC[C@H](C(F)(F)F)C2)c1. The Kier molecular flexibility index (Phi) is 5.24. The molecule has 1 aromatic carbocycles. The van der Waals surface area contributed by atoms with Gasteiger partial charge in [0.25, 0.3) is 0 Å². The number of aryl methyl sites for hydroxylation is 1. The Morgan fingerprint density at radius 1 is 1.33 bits per heavy atom. The van der Waals surface area contributed by atoms with E-state index in [4.69, 9.17) is 0 Å². The number of alkyl halides is 3. The molecule has 1 aliphatic rings. The summed E-state index contributed by atoms with van der Waals surface area (Å²) in [4.78, 5) is 11.0. The van der Waals surface area contributed by atoms with Crippen molar-refractivity contribution in [3.05, 3.63) is 23.8 Å². The molecule has 1 aromatic rings. The Balaban J connectivity index is 2.34. The number of halogens is 3. The molecule has 0 spiro atoms. The van der Waals surface area contributed by atoms with Crippen molar-refractivity contribution in [2.24, 2.45) is 5.92 Å². The number of anilines is 1. The van der Waals surface area contributed by atoms with Gasteiger partial charge in [-0.25, -0.2) is 8.42 Å². The number of amides is 1. The maximum absolute atomic E-state index is 12.9. The lowest BCUT2D eigenvalue weighted by Gasteiger charge is -2.33. The van der Waals surface area contributed by atoms with Crippen LogP contribution in [-0.4, -0.2) is 37.9 Å². The summed E-state index contributed by atoms with van der Waals surface area (Å²) in [5.74, 6) is -2.02. The molecule has 1 N–H and O–H groups in total. The number of sulfonamides is 1. The number of benzene rings is 1. The smallest absolute Gasteiger partial charge is 0.326 e. The van der Waals surface area contributed by atoms with Gasteiger partial charge in [0.15, 0.2) is 0 Å². The molecule has 2 rings (SSSR count). The van der Waals surface area contributed by atoms with Gasteiger partial charge in [0.05, 0.1) is 10.8 Å². The largest absolute Gasteiger partial charge is 0.393 e. The lowest BCUT2D eigenvalue weighted by Crippen LogP contribution is -2.44. The maximum Gasteiger partial charge on any atom is 0.393 e. The van der Waals surface area contributed by atoms with Crippen molar-refractivity contribution in [2.75, 3.05) is 18.4 Å². The molecule has 1 saturated heterocycles. The van der Waals surface area contributed by atoms with Gasteiger partial charge in [-0.2, -0.15) is 17.5 Å². The third-order valence-corrected chi connectivity index (χ3v) is 5.98. The van der Waals surface area contributed by atoms with Crippen molar-refractivity contribution in [3.8, 4) is 0 Å². The van der Waals surface area contributed by atoms with E-state index in [0.717, 1.165) is 4.31 Å². The number of carbonyl (C=O) groups excluding carboxylic acids is 1. The summed E-state index contributed by atoms with van der Waals surface area (Å²) < 4.78 is 65.2. The standard InChI is InChI=1S/C15H19F3N2O3S/c1-10-5-6-13(19-11(2)21)8-14(10)24(22,23)20-7-3-4-12(9-20)15(16,17)18/h5-6,8,12H,3-4,7,9H2,1-2H3,(H,19,21)/t12-/m0/s1. The van der Waals surface area contributed by atoms with Crippen LogP contribution in [0.4, 0.5) is 18.9 Å². The molecule has 1 amide bonds. The van der Waals surface area contributed by atoms with E-state index < -0.39 is 28.7 Å². The van der Waals surface area contributed by atoms with Gasteiger partial charge in [-0.05, 0) is 37.5 Å². The summed E-state index contributed by atoms with van der Waals surface area (Å²) in [5.41, 5.74) is 0.703. The lowest BCUT2D eigenvalue weighted by molar-refractivity contribution is -0.182. The van der Waals surface area contributed by atoms with Crippen LogP contribution in [0.2, 0.25) is 0 Å². The molecule has 0 aliphatic carbocycles. The highest BCUT2D eigenvalue weighted by molar-refractivity contribution is 7.89. The summed E-state index contributed by atoms with van der Waals surface area (Å²) in [6, 6.07) is 4.34. The van der Waals surface area contributed by atoms with Crippen LogP contribution < -0.4 is 5.32 Å². The Hall–Kier alpha value is -1.61. The Morgan fingerprint density at radius 2 is 2.00 bits per heavy atom. The maximum atomic E-state index is 12.9. The highest BCUT2D eigenvalue weighted by atomic mass is 32.2. The summed E-state index contributed by atoms with van der Waals surface area (Å²) >= 11 is 0. The van der Waals surface area contributed by atoms with Crippen LogP contribution in [-0.2, 0) is 14.8 Å². The van der Waals surface area contributed by atoms with Gasteiger partial charge in [-0.15, -0.1) is 0 Å². The number of carbonyl (C=O) groups is 1. The summed E-state index contributed by atoms with van der Waals surface area (Å²) in [6.45, 7) is 2.33. The topological polar surface area (TPSA) is 66.5 Å². The average molecular weight is 364 g/mol. The monoisotopic (exact) mass is 364 g/mol. The van der Waals surface area contributed by atoms with E-state index in [0.29, 0.717) is 5.56 Å². The molecular weight excluding hydrogens is 345 g/mol. The first kappa shape index (κ1) is 18.7. The van der Waals surface area contributed by atoms with Gasteiger partial charge in [-0.3, -0.25) is 4.79 Å². The van der Waals surface area contributed by atoms with Crippen molar-refractivity contribution < 1.29 is 26.4 Å². The zero-order valence-corrected chi connectivity index (χ0v) is 14.2. The second-order valence-electron chi connectivity index (χ2n) is 5.91. The molecule has 1 heterocycles. The number of nitrogens with zero attached hydrogens (tertiary/aromatic N) is 1. The van der Waals surface area contributed by atoms with Gasteiger partial charge in [0, 0.05) is 25.7 Å². The van der Waals surface area contributed by atoms with E-state index >= 15 is 0 Å². The van der Waals surface area contributed by atoms with Crippen LogP contribution in [0.5, 0.6) is 0 Å². The zero-order valence-electron chi connectivity index (χ0n) is 13.4. The zero-order chi connectivity index (χ0) is 18.1. The second kappa shape index (κ2) is 6.72. The minimum atomic E-state index is -4.42. The molecule has 24 heavy (non-hydrogen) atoms. The van der Waals surface area contributed by atoms with E-state index in [9.17, 15) is 26.4 Å². The quantitative estimate of drug-likeness (QED) is 0.897. The third kappa shape index (κ3) is 4.07. The van der Waals surface area contributed by atoms with Gasteiger partial charge < -0.3 is 5.32 Å². The van der Waals surface area contributed by atoms with E-state index in [2.05, 4.69) is 5.32 Å². The highest BCUT2D eigenvalue weighted by Crippen LogP contribution is 2.35. The number of piperidine rings is 1. The van der Waals surface area contributed by atoms with Gasteiger partial charge in [0.1, 0.15) is 0 Å². The second-order valence-corrected chi connectivity index (χ2v) is 7.81. The fourth-order valence-electron chi connectivity index (χ4n) is 2.73. The van der Waals surface area contributed by atoms with E-state index in [1.807, 2.05) is 0 Å². The first-order valence-corrected chi connectivity index (χ1v) is 8.91. The van der Waals surface area contributed by atoms with Crippen molar-refractivity contribution >= 4 is 21.6 Å². The van der Waals surface area contributed by atoms with Gasteiger partial charge >= 0.3 is 6.18 Å². The third-order valence-electron chi connectivity index (χ3n) is 3.97. The van der Waals surface area contributed by atoms with Gasteiger partial charge in [0.2, 0.25) is 15.9 Å². The van der Waals surface area contributed by atoms with Crippen molar-refractivity contribution in [1.82, 2.24) is 4.31 Å². The molecular formula is C15H19F3N2O3S. The van der Waals surface area contributed by atoms with E-state index in [-0.39, 0.29) is 35.9 Å². The summed E-state index contributed by atoms with van der Waals surface area (Å²) in [6.07, 6.45) is -4.32. The molecule has 0 bridgehead atoms. The molecule has 0 aromatic heterocycles. The van der Waals surface area contributed by atoms with Crippen molar-refractivity contribution in [2.45, 2.75) is 37.8 Å². The summed E-state index contributed by atoms with van der Waals surface area (Å²) in [7, 11) is -4.06. The number of hydrogen-bond acceptors (Lipinski definition) is 3. The van der Waals surface area contributed by atoms with Crippen LogP contribution in [0.1, 0.15) is 25.3 Å². The molecule has 1 fully saturated rings. The number of rotatable bonds is 3. The fourth-order valence-corrected chi connectivity index (χ4v) is 4.50. The minimum absolute atomic E-state index is 0.0543. The predicted molar refractivity (Wildman–Crippen MR) is 83.0 cm³/mol. The van der Waals surface area contributed by atoms with Crippen molar-refractivity contribution in [3.63, 3.8) is 0 Å². The molecule has 0 unspecified atom stereocenters. The Bertz CT molecular complexity index is 732. The first-order chi connectivity index (χ1) is 11.0. The lowest BCUT2D eigenvalue weighted by atomic mass is 9.99. The molecule has 1 atom stereocenters. The van der Waals surface area contributed by atoms with E-state index in [1.165, 1.54) is 19.1 Å². The summed E-state index contributed by atoms with van der Waals surface area (Å²) in [5, 5.41) is 2.48. The van der Waals surface area contributed by atoms with Crippen molar-refractivity contribution in [1.29, 1.82) is 0 Å². The molecule has 1 aliphatic heterocycles.